The van der Waals surface area contributed by atoms with Gasteiger partial charge >= 0.3 is 0 Å². The predicted octanol–water partition coefficient (Wildman–Crippen LogP) is 3.12. The highest BCUT2D eigenvalue weighted by Crippen LogP contribution is 2.17. The van der Waals surface area contributed by atoms with Crippen LogP contribution in [0.1, 0.15) is 25.8 Å². The van der Waals surface area contributed by atoms with Crippen molar-refractivity contribution in [1.82, 2.24) is 10.3 Å². The van der Waals surface area contributed by atoms with Crippen molar-refractivity contribution in [2.45, 2.75) is 32.3 Å². The SMILES string of the molecule is COC(C)(C)CCNCCc1c[nH]c2ccccc12. The van der Waals surface area contributed by atoms with Gasteiger partial charge in [-0.15, -0.1) is 0 Å². The van der Waals surface area contributed by atoms with Crippen molar-refractivity contribution < 1.29 is 4.74 Å². The second-order valence-electron chi connectivity index (χ2n) is 5.57. The van der Waals surface area contributed by atoms with Crippen LogP contribution in [0, 0.1) is 0 Å². The fourth-order valence-corrected chi connectivity index (χ4v) is 2.18. The zero-order chi connectivity index (χ0) is 13.7. The summed E-state index contributed by atoms with van der Waals surface area (Å²) < 4.78 is 5.40. The Morgan fingerprint density at radius 1 is 1.21 bits per heavy atom. The second kappa shape index (κ2) is 6.22. The Balaban J connectivity index is 1.77. The number of hydrogen-bond acceptors (Lipinski definition) is 2. The Hall–Kier alpha value is -1.32. The summed E-state index contributed by atoms with van der Waals surface area (Å²) in [6.07, 6.45) is 4.19. The number of para-hydroxylation sites is 1. The van der Waals surface area contributed by atoms with Gasteiger partial charge < -0.3 is 15.0 Å². The van der Waals surface area contributed by atoms with Crippen LogP contribution in [0.4, 0.5) is 0 Å². The van der Waals surface area contributed by atoms with Crippen molar-refractivity contribution in [3.8, 4) is 0 Å². The molecule has 2 aromatic rings. The van der Waals surface area contributed by atoms with Crippen molar-refractivity contribution in [3.05, 3.63) is 36.0 Å². The molecule has 0 spiro atoms. The summed E-state index contributed by atoms with van der Waals surface area (Å²) >= 11 is 0. The highest BCUT2D eigenvalue weighted by molar-refractivity contribution is 5.83. The molecule has 104 valence electrons. The Morgan fingerprint density at radius 3 is 2.79 bits per heavy atom. The number of nitrogens with one attached hydrogen (secondary N) is 2. The first-order valence-corrected chi connectivity index (χ1v) is 6.93. The van der Waals surface area contributed by atoms with E-state index < -0.39 is 0 Å². The number of aromatic nitrogens is 1. The van der Waals surface area contributed by atoms with E-state index in [2.05, 4.69) is 54.6 Å². The molecule has 2 rings (SSSR count). The molecule has 1 aromatic heterocycles. The van der Waals surface area contributed by atoms with Gasteiger partial charge in [0.15, 0.2) is 0 Å². The number of H-pyrrole nitrogens is 1. The normalized spacial score (nSPS) is 12.2. The topological polar surface area (TPSA) is 37.0 Å². The van der Waals surface area contributed by atoms with Crippen LogP contribution in [0.25, 0.3) is 10.9 Å². The summed E-state index contributed by atoms with van der Waals surface area (Å²) in [4.78, 5) is 3.31. The molecule has 0 saturated heterocycles. The summed E-state index contributed by atoms with van der Waals surface area (Å²) in [5.74, 6) is 0. The molecule has 0 aliphatic rings. The molecule has 3 heteroatoms. The molecule has 0 aliphatic heterocycles. The summed E-state index contributed by atoms with van der Waals surface area (Å²) in [5, 5.41) is 4.82. The molecule has 1 aromatic carbocycles. The van der Waals surface area contributed by atoms with Gasteiger partial charge in [0.25, 0.3) is 0 Å². The lowest BCUT2D eigenvalue weighted by Gasteiger charge is -2.22. The fourth-order valence-electron chi connectivity index (χ4n) is 2.18. The molecule has 0 amide bonds. The van der Waals surface area contributed by atoms with Crippen LogP contribution in [-0.4, -0.2) is 30.8 Å². The molecule has 0 aliphatic carbocycles. The molecule has 0 saturated carbocycles. The maximum absolute atomic E-state index is 5.40. The molecule has 19 heavy (non-hydrogen) atoms. The molecular formula is C16H24N2O. The third kappa shape index (κ3) is 3.82. The molecule has 2 N–H and O–H groups in total. The lowest BCUT2D eigenvalue weighted by molar-refractivity contribution is 0.0159. The summed E-state index contributed by atoms with van der Waals surface area (Å²) in [5.41, 5.74) is 2.57. The smallest absolute Gasteiger partial charge is 0.0634 e. The minimum atomic E-state index is -0.0339. The zero-order valence-electron chi connectivity index (χ0n) is 12.1. The third-order valence-corrected chi connectivity index (χ3v) is 3.70. The van der Waals surface area contributed by atoms with Gasteiger partial charge in [-0.05, 0) is 51.4 Å². The van der Waals surface area contributed by atoms with Gasteiger partial charge in [0.2, 0.25) is 0 Å². The van der Waals surface area contributed by atoms with E-state index in [1.807, 2.05) is 0 Å². The van der Waals surface area contributed by atoms with E-state index in [4.69, 9.17) is 4.74 Å². The highest BCUT2D eigenvalue weighted by atomic mass is 16.5. The number of ether oxygens (including phenoxy) is 1. The standard InChI is InChI=1S/C16H24N2O/c1-16(2,19-3)9-11-17-10-8-13-12-18-15-7-5-4-6-14(13)15/h4-7,12,17-18H,8-11H2,1-3H3. The molecule has 0 unspecified atom stereocenters. The van der Waals surface area contributed by atoms with Crippen LogP contribution >= 0.6 is 0 Å². The second-order valence-corrected chi connectivity index (χ2v) is 5.57. The Kier molecular flexibility index (Phi) is 4.61. The molecular weight excluding hydrogens is 236 g/mol. The summed E-state index contributed by atoms with van der Waals surface area (Å²) in [6.45, 7) is 6.23. The first-order chi connectivity index (χ1) is 9.12. The van der Waals surface area contributed by atoms with E-state index >= 15 is 0 Å². The van der Waals surface area contributed by atoms with Crippen molar-refractivity contribution in [2.24, 2.45) is 0 Å². The Labute approximate surface area is 115 Å². The first kappa shape index (κ1) is 14.1. The average Bonchev–Trinajstić information content (AvgIpc) is 2.82. The predicted molar refractivity (Wildman–Crippen MR) is 80.6 cm³/mol. The maximum Gasteiger partial charge on any atom is 0.0634 e. The number of aromatic amines is 1. The van der Waals surface area contributed by atoms with E-state index in [0.29, 0.717) is 0 Å². The van der Waals surface area contributed by atoms with Crippen LogP contribution in [0.3, 0.4) is 0 Å². The largest absolute Gasteiger partial charge is 0.379 e. The lowest BCUT2D eigenvalue weighted by atomic mass is 10.1. The fraction of sp³-hybridized carbons (Fsp3) is 0.500. The summed E-state index contributed by atoms with van der Waals surface area (Å²) in [7, 11) is 1.77. The van der Waals surface area contributed by atoms with Gasteiger partial charge in [0.1, 0.15) is 0 Å². The van der Waals surface area contributed by atoms with Gasteiger partial charge in [0.05, 0.1) is 5.60 Å². The number of fused-ring (bicyclic) bond motifs is 1. The van der Waals surface area contributed by atoms with Crippen LogP contribution in [-0.2, 0) is 11.2 Å². The van der Waals surface area contributed by atoms with E-state index in [0.717, 1.165) is 25.9 Å². The minimum Gasteiger partial charge on any atom is -0.379 e. The molecule has 3 nitrogen and oxygen atoms in total. The van der Waals surface area contributed by atoms with Crippen molar-refractivity contribution in [2.75, 3.05) is 20.2 Å². The van der Waals surface area contributed by atoms with Crippen LogP contribution in [0.5, 0.6) is 0 Å². The third-order valence-electron chi connectivity index (χ3n) is 3.70. The number of methoxy groups -OCH3 is 1. The quantitative estimate of drug-likeness (QED) is 0.751. The van der Waals surface area contributed by atoms with Gasteiger partial charge in [-0.2, -0.15) is 0 Å². The molecule has 0 bridgehead atoms. The average molecular weight is 260 g/mol. The molecule has 0 radical (unpaired) electrons. The van der Waals surface area contributed by atoms with Crippen LogP contribution in [0.15, 0.2) is 30.5 Å². The summed E-state index contributed by atoms with van der Waals surface area (Å²) in [6, 6.07) is 8.45. The minimum absolute atomic E-state index is 0.0339. The van der Waals surface area contributed by atoms with E-state index in [9.17, 15) is 0 Å². The van der Waals surface area contributed by atoms with Crippen LogP contribution in [0.2, 0.25) is 0 Å². The molecule has 0 fully saturated rings. The Bertz CT molecular complexity index is 516. The van der Waals surface area contributed by atoms with Crippen molar-refractivity contribution >= 4 is 10.9 Å². The zero-order valence-corrected chi connectivity index (χ0v) is 12.1. The lowest BCUT2D eigenvalue weighted by Crippen LogP contribution is -2.29. The Morgan fingerprint density at radius 2 is 2.00 bits per heavy atom. The van der Waals surface area contributed by atoms with Crippen molar-refractivity contribution in [1.29, 1.82) is 0 Å². The van der Waals surface area contributed by atoms with E-state index in [1.165, 1.54) is 16.5 Å². The van der Waals surface area contributed by atoms with E-state index in [-0.39, 0.29) is 5.60 Å². The van der Waals surface area contributed by atoms with Gasteiger partial charge in [-0.3, -0.25) is 0 Å². The number of hydrogen-bond donors (Lipinski definition) is 2. The maximum atomic E-state index is 5.40. The van der Waals surface area contributed by atoms with Crippen molar-refractivity contribution in [3.63, 3.8) is 0 Å². The number of benzene rings is 1. The molecule has 0 atom stereocenters. The molecule has 1 heterocycles. The van der Waals surface area contributed by atoms with Gasteiger partial charge in [0, 0.05) is 24.2 Å². The number of rotatable bonds is 7. The monoisotopic (exact) mass is 260 g/mol. The van der Waals surface area contributed by atoms with Gasteiger partial charge in [-0.25, -0.2) is 0 Å². The first-order valence-electron chi connectivity index (χ1n) is 6.93. The van der Waals surface area contributed by atoms with Crippen LogP contribution < -0.4 is 5.32 Å². The van der Waals surface area contributed by atoms with E-state index in [1.54, 1.807) is 7.11 Å². The van der Waals surface area contributed by atoms with Gasteiger partial charge in [-0.1, -0.05) is 18.2 Å². The highest BCUT2D eigenvalue weighted by Gasteiger charge is 2.14.